The highest BCUT2D eigenvalue weighted by Gasteiger charge is 2.24. The number of nitrogens with one attached hydrogen (secondary N) is 1. The summed E-state index contributed by atoms with van der Waals surface area (Å²) < 4.78 is 50.4. The SMILES string of the molecule is CCCCCS(=O)(=O)NC=CC(c1cccc2cccc(O)c12)S(N)(=O)=O. The van der Waals surface area contributed by atoms with Gasteiger partial charge < -0.3 is 5.11 Å². The lowest BCUT2D eigenvalue weighted by Gasteiger charge is -2.15. The zero-order valence-electron chi connectivity index (χ0n) is 15.0. The maximum Gasteiger partial charge on any atom is 0.232 e. The molecule has 0 aromatic heterocycles. The molecule has 9 heteroatoms. The molecule has 2 aromatic rings. The van der Waals surface area contributed by atoms with Crippen LogP contribution in [-0.4, -0.2) is 27.7 Å². The van der Waals surface area contributed by atoms with E-state index in [9.17, 15) is 21.9 Å². The molecule has 0 aliphatic heterocycles. The third kappa shape index (κ3) is 5.69. The fourth-order valence-electron chi connectivity index (χ4n) is 2.81. The largest absolute Gasteiger partial charge is 0.507 e. The number of phenols is 1. The minimum Gasteiger partial charge on any atom is -0.507 e. The molecule has 0 radical (unpaired) electrons. The highest BCUT2D eigenvalue weighted by Crippen LogP contribution is 2.34. The van der Waals surface area contributed by atoms with Crippen LogP contribution in [0.2, 0.25) is 0 Å². The number of aromatic hydroxyl groups is 1. The van der Waals surface area contributed by atoms with E-state index in [1.807, 2.05) is 6.92 Å². The Morgan fingerprint density at radius 3 is 2.41 bits per heavy atom. The summed E-state index contributed by atoms with van der Waals surface area (Å²) in [5, 5.41) is 15.2. The molecule has 0 spiro atoms. The average molecular weight is 413 g/mol. The standard InChI is InChI=1S/C18H24N2O5S2/c1-2-3-4-13-26(22,23)20-12-11-17(27(19,24)25)15-9-5-7-14-8-6-10-16(21)18(14)15/h5-12,17,20-21H,2-4,13H2,1H3,(H2,19,24,25). The molecule has 0 amide bonds. The van der Waals surface area contributed by atoms with E-state index < -0.39 is 25.3 Å². The number of hydrogen-bond acceptors (Lipinski definition) is 5. The molecule has 2 aromatic carbocycles. The molecule has 0 bridgehead atoms. The van der Waals surface area contributed by atoms with Crippen molar-refractivity contribution in [1.82, 2.24) is 4.72 Å². The molecule has 27 heavy (non-hydrogen) atoms. The molecule has 0 heterocycles. The Bertz CT molecular complexity index is 1030. The van der Waals surface area contributed by atoms with Gasteiger partial charge in [0.25, 0.3) is 0 Å². The maximum absolute atomic E-state index is 12.1. The number of sulfonamides is 2. The number of nitrogens with two attached hydrogens (primary N) is 1. The first kappa shape index (κ1) is 21.2. The predicted octanol–water partition coefficient (Wildman–Crippen LogP) is 2.50. The fourth-order valence-corrected chi connectivity index (χ4v) is 4.64. The Labute approximate surface area is 160 Å². The molecule has 1 atom stereocenters. The van der Waals surface area contributed by atoms with Gasteiger partial charge in [-0.2, -0.15) is 0 Å². The molecule has 4 N–H and O–H groups in total. The van der Waals surface area contributed by atoms with Crippen LogP contribution in [0.15, 0.2) is 48.7 Å². The third-order valence-corrected chi connectivity index (χ3v) is 6.55. The summed E-state index contributed by atoms with van der Waals surface area (Å²) in [6.45, 7) is 1.97. The third-order valence-electron chi connectivity index (χ3n) is 4.11. The highest BCUT2D eigenvalue weighted by molar-refractivity contribution is 7.89. The van der Waals surface area contributed by atoms with Crippen LogP contribution < -0.4 is 9.86 Å². The van der Waals surface area contributed by atoms with Gasteiger partial charge in [-0.1, -0.05) is 50.1 Å². The molecular formula is C18H24N2O5S2. The molecule has 2 rings (SSSR count). The average Bonchev–Trinajstić information content (AvgIpc) is 2.58. The Morgan fingerprint density at radius 1 is 1.11 bits per heavy atom. The van der Waals surface area contributed by atoms with Crippen LogP contribution in [-0.2, 0) is 20.0 Å². The van der Waals surface area contributed by atoms with Gasteiger partial charge in [-0.15, -0.1) is 0 Å². The van der Waals surface area contributed by atoms with Gasteiger partial charge in [0.05, 0.1) is 5.75 Å². The number of rotatable bonds is 9. The molecule has 148 valence electrons. The second-order valence-electron chi connectivity index (χ2n) is 6.24. The zero-order valence-corrected chi connectivity index (χ0v) is 16.6. The van der Waals surface area contributed by atoms with E-state index in [4.69, 9.17) is 5.14 Å². The number of unbranched alkanes of at least 4 members (excludes halogenated alkanes) is 2. The van der Waals surface area contributed by atoms with Gasteiger partial charge in [0.2, 0.25) is 20.0 Å². The minimum atomic E-state index is -4.10. The van der Waals surface area contributed by atoms with E-state index in [0.29, 0.717) is 17.2 Å². The van der Waals surface area contributed by atoms with Crippen molar-refractivity contribution >= 4 is 30.8 Å². The summed E-state index contributed by atoms with van der Waals surface area (Å²) in [7, 11) is -7.65. The van der Waals surface area contributed by atoms with Crippen LogP contribution in [0.3, 0.4) is 0 Å². The first-order valence-electron chi connectivity index (χ1n) is 8.54. The normalized spacial score (nSPS) is 13.9. The topological polar surface area (TPSA) is 127 Å². The lowest BCUT2D eigenvalue weighted by molar-refractivity contribution is 0.481. The Balaban J connectivity index is 2.36. The van der Waals surface area contributed by atoms with Crippen LogP contribution >= 0.6 is 0 Å². The lowest BCUT2D eigenvalue weighted by Crippen LogP contribution is -2.24. The minimum absolute atomic E-state index is 0.0414. The molecule has 0 saturated carbocycles. The summed E-state index contributed by atoms with van der Waals surface area (Å²) >= 11 is 0. The molecule has 7 nitrogen and oxygen atoms in total. The molecule has 1 unspecified atom stereocenters. The summed E-state index contributed by atoms with van der Waals surface area (Å²) in [6.07, 6.45) is 4.46. The number of hydrogen-bond donors (Lipinski definition) is 3. The number of phenolic OH excluding ortho intramolecular Hbond substituents is 1. The monoisotopic (exact) mass is 412 g/mol. The van der Waals surface area contributed by atoms with Crippen molar-refractivity contribution in [3.8, 4) is 5.75 Å². The van der Waals surface area contributed by atoms with Crippen molar-refractivity contribution < 1.29 is 21.9 Å². The summed E-state index contributed by atoms with van der Waals surface area (Å²) in [5.74, 6) is -0.120. The Kier molecular flexibility index (Phi) is 6.85. The number of primary sulfonamides is 1. The van der Waals surface area contributed by atoms with Crippen LogP contribution in [0.4, 0.5) is 0 Å². The summed E-state index contributed by atoms with van der Waals surface area (Å²) in [4.78, 5) is 0. The number of fused-ring (bicyclic) bond motifs is 1. The number of benzene rings is 2. The second-order valence-corrected chi connectivity index (χ2v) is 9.79. The van der Waals surface area contributed by atoms with Crippen molar-refractivity contribution in [3.05, 3.63) is 54.2 Å². The predicted molar refractivity (Wildman–Crippen MR) is 107 cm³/mol. The lowest BCUT2D eigenvalue weighted by atomic mass is 10.0. The first-order chi connectivity index (χ1) is 12.7. The van der Waals surface area contributed by atoms with Crippen molar-refractivity contribution in [2.45, 2.75) is 31.4 Å². The molecule has 0 saturated heterocycles. The zero-order chi connectivity index (χ0) is 20.1. The molecule has 0 fully saturated rings. The molecule has 0 aliphatic carbocycles. The Hall–Kier alpha value is -2.10. The van der Waals surface area contributed by atoms with Crippen LogP contribution in [0.1, 0.15) is 37.0 Å². The molecular weight excluding hydrogens is 388 g/mol. The van der Waals surface area contributed by atoms with Crippen LogP contribution in [0.5, 0.6) is 5.75 Å². The summed E-state index contributed by atoms with van der Waals surface area (Å²) in [5.41, 5.74) is 0.273. The van der Waals surface area contributed by atoms with Crippen molar-refractivity contribution in [3.63, 3.8) is 0 Å². The van der Waals surface area contributed by atoms with Crippen LogP contribution in [0, 0.1) is 0 Å². The fraction of sp³-hybridized carbons (Fsp3) is 0.333. The molecule has 0 aliphatic rings. The second kappa shape index (κ2) is 8.73. The first-order valence-corrected chi connectivity index (χ1v) is 11.8. The highest BCUT2D eigenvalue weighted by atomic mass is 32.2. The van der Waals surface area contributed by atoms with Gasteiger partial charge in [-0.25, -0.2) is 22.0 Å². The van der Waals surface area contributed by atoms with Gasteiger partial charge in [0.15, 0.2) is 0 Å². The van der Waals surface area contributed by atoms with Crippen LogP contribution in [0.25, 0.3) is 10.8 Å². The van der Waals surface area contributed by atoms with Gasteiger partial charge in [0.1, 0.15) is 11.0 Å². The van der Waals surface area contributed by atoms with Gasteiger partial charge >= 0.3 is 0 Å². The quantitative estimate of drug-likeness (QED) is 0.545. The Morgan fingerprint density at radius 2 is 1.78 bits per heavy atom. The van der Waals surface area contributed by atoms with Gasteiger partial charge in [-0.05, 0) is 29.5 Å². The summed E-state index contributed by atoms with van der Waals surface area (Å²) in [6, 6.07) is 9.76. The van der Waals surface area contributed by atoms with E-state index in [0.717, 1.165) is 19.0 Å². The van der Waals surface area contributed by atoms with Crippen molar-refractivity contribution in [2.24, 2.45) is 5.14 Å². The van der Waals surface area contributed by atoms with E-state index in [1.165, 1.54) is 18.2 Å². The smallest absolute Gasteiger partial charge is 0.232 e. The van der Waals surface area contributed by atoms with Gasteiger partial charge in [0, 0.05) is 11.6 Å². The van der Waals surface area contributed by atoms with E-state index >= 15 is 0 Å². The van der Waals surface area contributed by atoms with Crippen molar-refractivity contribution in [2.75, 3.05) is 5.75 Å². The van der Waals surface area contributed by atoms with E-state index in [2.05, 4.69) is 4.72 Å². The maximum atomic E-state index is 12.1. The van der Waals surface area contributed by atoms with E-state index in [-0.39, 0.29) is 17.1 Å². The van der Waals surface area contributed by atoms with Crippen molar-refractivity contribution in [1.29, 1.82) is 0 Å². The van der Waals surface area contributed by atoms with E-state index in [1.54, 1.807) is 24.3 Å². The van der Waals surface area contributed by atoms with Gasteiger partial charge in [-0.3, -0.25) is 4.72 Å².